The summed E-state index contributed by atoms with van der Waals surface area (Å²) in [5, 5.41) is 4.96. The summed E-state index contributed by atoms with van der Waals surface area (Å²) >= 11 is 2.37. The first kappa shape index (κ1) is 12.5. The summed E-state index contributed by atoms with van der Waals surface area (Å²) < 4.78 is 8.24. The Kier molecular flexibility index (Phi) is 2.42. The number of benzene rings is 3. The SMILES string of the molecule is Cc1ccc2c(c1)c1cc3c(cc1n2I)oc1ccccc13. The molecule has 2 nitrogen and oxygen atoms in total. The Morgan fingerprint density at radius 3 is 2.50 bits per heavy atom. The molecule has 3 aromatic carbocycles. The summed E-state index contributed by atoms with van der Waals surface area (Å²) in [5.74, 6) is 0. The molecule has 0 fully saturated rings. The van der Waals surface area contributed by atoms with Gasteiger partial charge in [-0.3, -0.25) is 2.78 Å². The summed E-state index contributed by atoms with van der Waals surface area (Å²) in [5.41, 5.74) is 5.64. The Morgan fingerprint density at radius 1 is 0.773 bits per heavy atom. The van der Waals surface area contributed by atoms with E-state index in [9.17, 15) is 0 Å². The lowest BCUT2D eigenvalue weighted by molar-refractivity contribution is 0.669. The number of halogens is 1. The molecule has 0 saturated heterocycles. The van der Waals surface area contributed by atoms with E-state index in [1.165, 1.54) is 38.1 Å². The zero-order valence-electron chi connectivity index (χ0n) is 11.9. The molecule has 2 aromatic heterocycles. The topological polar surface area (TPSA) is 18.1 Å². The van der Waals surface area contributed by atoms with Crippen molar-refractivity contribution >= 4 is 66.6 Å². The zero-order chi connectivity index (χ0) is 14.8. The minimum absolute atomic E-state index is 0.950. The second-order valence-electron chi connectivity index (χ2n) is 5.77. The zero-order valence-corrected chi connectivity index (χ0v) is 14.1. The Morgan fingerprint density at radius 2 is 1.59 bits per heavy atom. The third-order valence-corrected chi connectivity index (χ3v) is 5.40. The number of aromatic nitrogens is 1. The Labute approximate surface area is 140 Å². The fourth-order valence-electron chi connectivity index (χ4n) is 3.31. The number of nitrogens with zero attached hydrogens (tertiary/aromatic N) is 1. The summed E-state index contributed by atoms with van der Waals surface area (Å²) in [6.07, 6.45) is 0. The van der Waals surface area contributed by atoms with Gasteiger partial charge in [0.2, 0.25) is 0 Å². The molecule has 0 N–H and O–H groups in total. The Bertz CT molecular complexity index is 1200. The lowest BCUT2D eigenvalue weighted by atomic mass is 10.1. The molecule has 0 aliphatic heterocycles. The number of fused-ring (bicyclic) bond motifs is 6. The summed E-state index contributed by atoms with van der Waals surface area (Å²) in [7, 11) is 0. The van der Waals surface area contributed by atoms with E-state index in [0.29, 0.717) is 0 Å². The molecule has 0 radical (unpaired) electrons. The molecule has 0 bridgehead atoms. The Hall–Kier alpha value is -2.01. The highest BCUT2D eigenvalue weighted by atomic mass is 127. The molecular weight excluding hydrogens is 385 g/mol. The molecule has 5 rings (SSSR count). The molecule has 0 aliphatic carbocycles. The van der Waals surface area contributed by atoms with Crippen LogP contribution >= 0.6 is 22.9 Å². The van der Waals surface area contributed by atoms with Gasteiger partial charge in [-0.15, -0.1) is 0 Å². The van der Waals surface area contributed by atoms with Gasteiger partial charge in [0.05, 0.1) is 33.9 Å². The molecule has 106 valence electrons. The first-order valence-electron chi connectivity index (χ1n) is 7.24. The lowest BCUT2D eigenvalue weighted by Gasteiger charge is -1.95. The standard InChI is InChI=1S/C19H12INO/c1-11-6-7-16-13(8-11)14-9-15-12-4-2-3-5-18(12)22-19(15)10-17(14)21(16)20/h2-10H,1H3. The van der Waals surface area contributed by atoms with Crippen LogP contribution in [0.25, 0.3) is 43.7 Å². The summed E-state index contributed by atoms with van der Waals surface area (Å²) in [6, 6.07) is 19.3. The smallest absolute Gasteiger partial charge is 0.137 e. The van der Waals surface area contributed by atoms with E-state index < -0.39 is 0 Å². The number of aryl methyl sites for hydroxylation is 1. The average molecular weight is 397 g/mol. The average Bonchev–Trinajstić information content (AvgIpc) is 3.02. The predicted octanol–water partition coefficient (Wildman–Crippen LogP) is 6.20. The third kappa shape index (κ3) is 1.54. The fraction of sp³-hybridized carbons (Fsp3) is 0.0526. The predicted molar refractivity (Wildman–Crippen MR) is 101 cm³/mol. The monoisotopic (exact) mass is 397 g/mol. The summed E-state index contributed by atoms with van der Waals surface area (Å²) in [4.78, 5) is 0. The fourth-order valence-corrected chi connectivity index (χ4v) is 4.13. The number of para-hydroxylation sites is 1. The number of rotatable bonds is 0. The van der Waals surface area contributed by atoms with Gasteiger partial charge in [-0.1, -0.05) is 29.8 Å². The van der Waals surface area contributed by atoms with Crippen LogP contribution in [-0.2, 0) is 0 Å². The van der Waals surface area contributed by atoms with E-state index in [2.05, 4.69) is 75.0 Å². The van der Waals surface area contributed by atoms with E-state index in [1.54, 1.807) is 0 Å². The van der Waals surface area contributed by atoms with Crippen molar-refractivity contribution in [2.24, 2.45) is 0 Å². The van der Waals surface area contributed by atoms with E-state index in [1.807, 2.05) is 12.1 Å². The molecular formula is C19H12INO. The van der Waals surface area contributed by atoms with Crippen molar-refractivity contribution in [1.82, 2.24) is 2.78 Å². The minimum Gasteiger partial charge on any atom is -0.456 e. The minimum atomic E-state index is 0.950. The van der Waals surface area contributed by atoms with Crippen LogP contribution in [0.5, 0.6) is 0 Å². The number of hydrogen-bond donors (Lipinski definition) is 0. The van der Waals surface area contributed by atoms with E-state index in [-0.39, 0.29) is 0 Å². The van der Waals surface area contributed by atoms with Crippen molar-refractivity contribution in [3.05, 3.63) is 60.2 Å². The maximum absolute atomic E-state index is 6.02. The van der Waals surface area contributed by atoms with E-state index in [4.69, 9.17) is 4.42 Å². The second kappa shape index (κ2) is 4.26. The molecule has 0 amide bonds. The van der Waals surface area contributed by atoms with Gasteiger partial charge >= 0.3 is 0 Å². The van der Waals surface area contributed by atoms with Crippen molar-refractivity contribution in [2.75, 3.05) is 0 Å². The van der Waals surface area contributed by atoms with Crippen molar-refractivity contribution in [3.8, 4) is 0 Å². The first-order valence-corrected chi connectivity index (χ1v) is 8.21. The van der Waals surface area contributed by atoms with Crippen LogP contribution in [0.2, 0.25) is 0 Å². The molecule has 0 aliphatic rings. The van der Waals surface area contributed by atoms with Gasteiger partial charge in [0, 0.05) is 27.6 Å². The van der Waals surface area contributed by atoms with Crippen LogP contribution in [0.4, 0.5) is 0 Å². The highest BCUT2D eigenvalue weighted by molar-refractivity contribution is 14.1. The second-order valence-corrected chi connectivity index (χ2v) is 6.73. The molecule has 2 heterocycles. The van der Waals surface area contributed by atoms with Crippen LogP contribution in [-0.4, -0.2) is 2.78 Å². The van der Waals surface area contributed by atoms with Gasteiger partial charge < -0.3 is 4.42 Å². The highest BCUT2D eigenvalue weighted by Crippen LogP contribution is 2.37. The highest BCUT2D eigenvalue weighted by Gasteiger charge is 2.14. The van der Waals surface area contributed by atoms with E-state index >= 15 is 0 Å². The largest absolute Gasteiger partial charge is 0.456 e. The molecule has 3 heteroatoms. The van der Waals surface area contributed by atoms with Gasteiger partial charge in [0.15, 0.2) is 0 Å². The van der Waals surface area contributed by atoms with Crippen molar-refractivity contribution < 1.29 is 4.42 Å². The van der Waals surface area contributed by atoms with Gasteiger partial charge in [0.1, 0.15) is 11.2 Å². The van der Waals surface area contributed by atoms with Crippen LogP contribution in [0.1, 0.15) is 5.56 Å². The van der Waals surface area contributed by atoms with Crippen LogP contribution in [0.15, 0.2) is 59.0 Å². The number of hydrogen-bond acceptors (Lipinski definition) is 1. The van der Waals surface area contributed by atoms with Crippen molar-refractivity contribution in [1.29, 1.82) is 0 Å². The van der Waals surface area contributed by atoms with Gasteiger partial charge in [0.25, 0.3) is 0 Å². The van der Waals surface area contributed by atoms with Gasteiger partial charge in [-0.05, 0) is 31.2 Å². The molecule has 0 saturated carbocycles. The molecule has 5 aromatic rings. The normalized spacial score (nSPS) is 12.1. The maximum atomic E-state index is 6.02. The molecule has 0 unspecified atom stereocenters. The lowest BCUT2D eigenvalue weighted by Crippen LogP contribution is -1.77. The Balaban J connectivity index is 2.06. The first-order chi connectivity index (χ1) is 10.7. The quantitative estimate of drug-likeness (QED) is 0.285. The van der Waals surface area contributed by atoms with Gasteiger partial charge in [-0.2, -0.15) is 0 Å². The molecule has 0 spiro atoms. The van der Waals surface area contributed by atoms with E-state index in [0.717, 1.165) is 11.2 Å². The molecule has 0 atom stereocenters. The van der Waals surface area contributed by atoms with Crippen LogP contribution in [0.3, 0.4) is 0 Å². The summed E-state index contributed by atoms with van der Waals surface area (Å²) in [6.45, 7) is 2.14. The number of furan rings is 1. The van der Waals surface area contributed by atoms with Crippen molar-refractivity contribution in [2.45, 2.75) is 6.92 Å². The maximum Gasteiger partial charge on any atom is 0.137 e. The van der Waals surface area contributed by atoms with Gasteiger partial charge in [-0.25, -0.2) is 0 Å². The van der Waals surface area contributed by atoms with Crippen LogP contribution < -0.4 is 0 Å². The third-order valence-electron chi connectivity index (χ3n) is 4.36. The van der Waals surface area contributed by atoms with Crippen molar-refractivity contribution in [3.63, 3.8) is 0 Å². The molecule has 22 heavy (non-hydrogen) atoms. The van der Waals surface area contributed by atoms with Crippen LogP contribution in [0, 0.1) is 6.92 Å².